The molecule has 0 spiro atoms. The molecule has 0 unspecified atom stereocenters. The Labute approximate surface area is 161 Å². The van der Waals surface area contributed by atoms with Crippen LogP contribution in [0.15, 0.2) is 42.5 Å². The van der Waals surface area contributed by atoms with Crippen molar-refractivity contribution in [3.05, 3.63) is 53.7 Å². The van der Waals surface area contributed by atoms with E-state index >= 15 is 0 Å². The fourth-order valence-electron chi connectivity index (χ4n) is 3.35. The maximum atomic E-state index is 9.39. The van der Waals surface area contributed by atoms with Gasteiger partial charge in [0, 0.05) is 19.2 Å². The van der Waals surface area contributed by atoms with Crippen molar-refractivity contribution in [2.75, 3.05) is 19.8 Å². The summed E-state index contributed by atoms with van der Waals surface area (Å²) in [4.78, 5) is 6.32. The normalized spacial score (nSPS) is 16.4. The van der Waals surface area contributed by atoms with Gasteiger partial charge in [-0.15, -0.1) is 0 Å². The second kappa shape index (κ2) is 8.72. The Hall–Kier alpha value is -2.11. The zero-order valence-corrected chi connectivity index (χ0v) is 16.5. The Morgan fingerprint density at radius 3 is 2.52 bits per heavy atom. The minimum absolute atomic E-state index is 0.0320. The van der Waals surface area contributed by atoms with E-state index in [-0.39, 0.29) is 17.4 Å². The molecule has 5 nitrogen and oxygen atoms in total. The number of nitrogens with zero attached hydrogens (tertiary/aromatic N) is 2. The summed E-state index contributed by atoms with van der Waals surface area (Å²) in [7, 11) is 0. The van der Waals surface area contributed by atoms with Crippen LogP contribution in [-0.4, -0.2) is 40.9 Å². The molecule has 0 radical (unpaired) electrons. The third kappa shape index (κ3) is 5.68. The van der Waals surface area contributed by atoms with Gasteiger partial charge in [0.25, 0.3) is 0 Å². The van der Waals surface area contributed by atoms with E-state index in [0.29, 0.717) is 13.3 Å². The van der Waals surface area contributed by atoms with E-state index in [0.717, 1.165) is 37.4 Å². The molecule has 2 aromatic rings. The van der Waals surface area contributed by atoms with E-state index < -0.39 is 0 Å². The van der Waals surface area contributed by atoms with Crippen LogP contribution in [0.1, 0.15) is 44.9 Å². The molecule has 1 N–H and O–H groups in total. The maximum Gasteiger partial charge on any atom is 0.211 e. The lowest BCUT2D eigenvalue weighted by Crippen LogP contribution is -2.39. The highest BCUT2D eigenvalue weighted by atomic mass is 16.5. The number of rotatable bonds is 6. The fourth-order valence-corrected chi connectivity index (χ4v) is 3.35. The monoisotopic (exact) mass is 370 g/mol. The first-order chi connectivity index (χ1) is 12.9. The number of ether oxygens (including phenoxy) is 2. The van der Waals surface area contributed by atoms with Crippen molar-refractivity contribution in [3.63, 3.8) is 0 Å². The largest absolute Gasteiger partial charge is 0.493 e. The Bertz CT molecular complexity index is 734. The lowest BCUT2D eigenvalue weighted by molar-refractivity contribution is -0.0101. The summed E-state index contributed by atoms with van der Waals surface area (Å²) in [5.74, 6) is 1.04. The van der Waals surface area contributed by atoms with Gasteiger partial charge in [-0.3, -0.25) is 4.90 Å². The number of piperidine rings is 1. The molecular weight excluding hydrogens is 340 g/mol. The summed E-state index contributed by atoms with van der Waals surface area (Å²) in [6, 6.07) is 13.6. The summed E-state index contributed by atoms with van der Waals surface area (Å²) < 4.78 is 12.1. The Morgan fingerprint density at radius 1 is 1.07 bits per heavy atom. The van der Waals surface area contributed by atoms with E-state index in [1.807, 2.05) is 12.1 Å². The molecule has 0 aliphatic carbocycles. The van der Waals surface area contributed by atoms with Crippen molar-refractivity contribution in [2.24, 2.45) is 0 Å². The van der Waals surface area contributed by atoms with Crippen LogP contribution in [-0.2, 0) is 16.8 Å². The van der Waals surface area contributed by atoms with Gasteiger partial charge < -0.3 is 14.6 Å². The van der Waals surface area contributed by atoms with Crippen molar-refractivity contribution in [2.45, 2.75) is 51.7 Å². The summed E-state index contributed by atoms with van der Waals surface area (Å²) in [5.41, 5.74) is 2.08. The lowest BCUT2D eigenvalue weighted by Gasteiger charge is -2.33. The van der Waals surface area contributed by atoms with Gasteiger partial charge in [-0.25, -0.2) is 4.98 Å². The Kier molecular flexibility index (Phi) is 6.34. The van der Waals surface area contributed by atoms with Crippen molar-refractivity contribution in [3.8, 4) is 11.6 Å². The number of likely N-dealkylation sites (tertiary alicyclic amines) is 1. The second-order valence-corrected chi connectivity index (χ2v) is 8.15. The predicted octanol–water partition coefficient (Wildman–Crippen LogP) is 4.10. The first-order valence-corrected chi connectivity index (χ1v) is 9.63. The number of aromatic nitrogens is 1. The average Bonchev–Trinajstić information content (AvgIpc) is 2.63. The summed E-state index contributed by atoms with van der Waals surface area (Å²) in [5, 5.41) is 9.39. The van der Waals surface area contributed by atoms with Crippen molar-refractivity contribution >= 4 is 0 Å². The highest BCUT2D eigenvalue weighted by Gasteiger charge is 2.24. The maximum absolute atomic E-state index is 9.39. The van der Waals surface area contributed by atoms with Gasteiger partial charge in [0.1, 0.15) is 11.9 Å². The molecule has 146 valence electrons. The average molecular weight is 370 g/mol. The first-order valence-electron chi connectivity index (χ1n) is 9.63. The molecule has 0 atom stereocenters. The number of para-hydroxylation sites is 1. The third-order valence-electron chi connectivity index (χ3n) is 4.84. The quantitative estimate of drug-likeness (QED) is 0.830. The van der Waals surface area contributed by atoms with Crippen molar-refractivity contribution in [1.82, 2.24) is 9.88 Å². The molecule has 0 bridgehead atoms. The zero-order chi connectivity index (χ0) is 19.3. The molecule has 3 rings (SSSR count). The van der Waals surface area contributed by atoms with Crippen molar-refractivity contribution in [1.29, 1.82) is 0 Å². The van der Waals surface area contributed by atoms with Crippen LogP contribution >= 0.6 is 0 Å². The number of pyridine rings is 1. The van der Waals surface area contributed by atoms with Crippen LogP contribution in [0.4, 0.5) is 0 Å². The van der Waals surface area contributed by atoms with Crippen LogP contribution in [0.5, 0.6) is 11.6 Å². The van der Waals surface area contributed by atoms with E-state index in [9.17, 15) is 5.11 Å². The lowest BCUT2D eigenvalue weighted by atomic mass is 9.86. The van der Waals surface area contributed by atoms with Gasteiger partial charge in [0.15, 0.2) is 0 Å². The van der Waals surface area contributed by atoms with E-state index in [4.69, 9.17) is 9.47 Å². The van der Waals surface area contributed by atoms with E-state index in [1.54, 1.807) is 12.1 Å². The van der Waals surface area contributed by atoms with Crippen LogP contribution in [0.3, 0.4) is 0 Å². The molecular formula is C22H30N2O3. The van der Waals surface area contributed by atoms with Gasteiger partial charge in [-0.1, -0.05) is 45.0 Å². The summed E-state index contributed by atoms with van der Waals surface area (Å²) >= 11 is 0. The molecule has 1 aliphatic heterocycles. The van der Waals surface area contributed by atoms with Crippen molar-refractivity contribution < 1.29 is 14.6 Å². The molecule has 0 saturated carbocycles. The van der Waals surface area contributed by atoms with Gasteiger partial charge in [-0.05, 0) is 36.0 Å². The van der Waals surface area contributed by atoms with Crippen LogP contribution in [0.2, 0.25) is 0 Å². The van der Waals surface area contributed by atoms with Gasteiger partial charge in [0.05, 0.1) is 19.0 Å². The van der Waals surface area contributed by atoms with Gasteiger partial charge >= 0.3 is 0 Å². The molecule has 27 heavy (non-hydrogen) atoms. The summed E-state index contributed by atoms with van der Waals surface area (Å²) in [6.07, 6.45) is 2.23. The zero-order valence-electron chi connectivity index (χ0n) is 16.5. The Balaban J connectivity index is 1.44. The molecule has 1 saturated heterocycles. The molecule has 0 amide bonds. The molecule has 1 aliphatic rings. The van der Waals surface area contributed by atoms with Crippen LogP contribution in [0, 0.1) is 0 Å². The van der Waals surface area contributed by atoms with Crippen LogP contribution in [0.25, 0.3) is 0 Å². The molecule has 2 heterocycles. The van der Waals surface area contributed by atoms with Gasteiger partial charge in [-0.2, -0.15) is 0 Å². The first kappa shape index (κ1) is 19.6. The summed E-state index contributed by atoms with van der Waals surface area (Å²) in [6.45, 7) is 9.54. The number of aromatic hydroxyl groups is 1. The molecule has 1 aromatic carbocycles. The molecule has 1 fully saturated rings. The van der Waals surface area contributed by atoms with E-state index in [2.05, 4.69) is 48.9 Å². The minimum Gasteiger partial charge on any atom is -0.493 e. The number of hydrogen-bond acceptors (Lipinski definition) is 5. The van der Waals surface area contributed by atoms with Crippen LogP contribution < -0.4 is 4.74 Å². The topological polar surface area (TPSA) is 54.8 Å². The fraction of sp³-hybridized carbons (Fsp3) is 0.500. The SMILES string of the molecule is CC(C)(C)c1ccccc1OC1CCN(COCc2cccc(O)n2)CC1. The standard InChI is InChI=1S/C22H30N2O3/c1-22(2,3)19-8-4-5-9-20(19)27-18-11-13-24(14-12-18)16-26-15-17-7-6-10-21(25)23-17/h4-10,18H,11-16H2,1-3H3,(H,23,25). The minimum atomic E-state index is 0.0320. The molecule has 5 heteroatoms. The van der Waals surface area contributed by atoms with Gasteiger partial charge in [0.2, 0.25) is 5.88 Å². The Morgan fingerprint density at radius 2 is 1.81 bits per heavy atom. The number of hydrogen-bond donors (Lipinski definition) is 1. The number of benzene rings is 1. The predicted molar refractivity (Wildman–Crippen MR) is 106 cm³/mol. The second-order valence-electron chi connectivity index (χ2n) is 8.15. The third-order valence-corrected chi connectivity index (χ3v) is 4.84. The molecule has 1 aromatic heterocycles. The smallest absolute Gasteiger partial charge is 0.211 e. The van der Waals surface area contributed by atoms with E-state index in [1.165, 1.54) is 5.56 Å². The highest BCUT2D eigenvalue weighted by Crippen LogP contribution is 2.32. The highest BCUT2D eigenvalue weighted by molar-refractivity contribution is 5.38.